The van der Waals surface area contributed by atoms with Crippen LogP contribution >= 0.6 is 0 Å². The summed E-state index contributed by atoms with van der Waals surface area (Å²) in [5, 5.41) is 13.2. The first kappa shape index (κ1) is 21.0. The van der Waals surface area contributed by atoms with Gasteiger partial charge in [-0.15, -0.1) is 0 Å². The lowest BCUT2D eigenvalue weighted by molar-refractivity contribution is 0.0698. The number of fused-ring (bicyclic) bond motifs is 1. The van der Waals surface area contributed by atoms with Crippen LogP contribution in [0, 0.1) is 6.92 Å². The second kappa shape index (κ2) is 8.78. The van der Waals surface area contributed by atoms with Crippen LogP contribution in [0.1, 0.15) is 47.1 Å². The molecule has 6 nitrogen and oxygen atoms in total. The molecule has 0 aliphatic heterocycles. The summed E-state index contributed by atoms with van der Waals surface area (Å²) in [5.41, 5.74) is 3.12. The molecule has 0 bridgehead atoms. The molecule has 0 saturated heterocycles. The summed E-state index contributed by atoms with van der Waals surface area (Å²) in [7, 11) is 0. The Morgan fingerprint density at radius 3 is 2.73 bits per heavy atom. The number of carboxylic acid groups (broad SMARTS) is 1. The Morgan fingerprint density at radius 1 is 1.30 bits per heavy atom. The van der Waals surface area contributed by atoms with Gasteiger partial charge in [0, 0.05) is 35.6 Å². The van der Waals surface area contributed by atoms with Crippen LogP contribution in [0.3, 0.4) is 0 Å². The van der Waals surface area contributed by atoms with Crippen molar-refractivity contribution in [3.8, 4) is 0 Å². The van der Waals surface area contributed by atoms with Gasteiger partial charge in [0.05, 0.1) is 17.0 Å². The molecule has 0 saturated carbocycles. The fourth-order valence-corrected chi connectivity index (χ4v) is 3.29. The number of para-hydroxylation sites is 1. The first-order valence-electron chi connectivity index (χ1n) is 9.68. The lowest BCUT2D eigenvalue weighted by Gasteiger charge is -2.19. The molecule has 0 fully saturated rings. The third-order valence-electron chi connectivity index (χ3n) is 4.74. The van der Waals surface area contributed by atoms with Crippen molar-refractivity contribution < 1.29 is 14.3 Å². The Bertz CT molecular complexity index is 1210. The Morgan fingerprint density at radius 2 is 2.03 bits per heavy atom. The van der Waals surface area contributed by atoms with E-state index < -0.39 is 5.97 Å². The number of nitrogens with one attached hydrogen (secondary N) is 1. The van der Waals surface area contributed by atoms with Crippen LogP contribution in [0.5, 0.6) is 0 Å². The first-order valence-corrected chi connectivity index (χ1v) is 9.68. The summed E-state index contributed by atoms with van der Waals surface area (Å²) >= 11 is 0. The predicted molar refractivity (Wildman–Crippen MR) is 121 cm³/mol. The number of aliphatic imine (C=N–C) groups is 1. The maximum absolute atomic E-state index is 12.8. The molecule has 0 aliphatic rings. The standard InChI is InChI=1S/C24H24N2O4/c1-5-25-13-15(3)22-12-21(27)19-11-14(2)10-18(23(19)30-22)16(4)26-20-9-7-6-8-17(20)24(28)29/h6-13,16,26H,3,5H2,1-2,4H3,(H,28,29). The maximum atomic E-state index is 12.8. The average Bonchev–Trinajstić information content (AvgIpc) is 2.72. The molecule has 154 valence electrons. The number of nitrogens with zero attached hydrogens (tertiary/aromatic N) is 1. The summed E-state index contributed by atoms with van der Waals surface area (Å²) < 4.78 is 6.08. The van der Waals surface area contributed by atoms with Crippen LogP contribution in [-0.2, 0) is 0 Å². The zero-order valence-electron chi connectivity index (χ0n) is 17.2. The monoisotopic (exact) mass is 404 g/mol. The van der Waals surface area contributed by atoms with Crippen molar-refractivity contribution in [2.45, 2.75) is 26.8 Å². The van der Waals surface area contributed by atoms with E-state index in [2.05, 4.69) is 16.9 Å². The van der Waals surface area contributed by atoms with Gasteiger partial charge in [-0.25, -0.2) is 4.79 Å². The van der Waals surface area contributed by atoms with Gasteiger partial charge >= 0.3 is 5.97 Å². The fraction of sp³-hybridized carbons (Fsp3) is 0.208. The topological polar surface area (TPSA) is 91.9 Å². The molecule has 1 heterocycles. The van der Waals surface area contributed by atoms with Crippen LogP contribution < -0.4 is 10.7 Å². The number of hydrogen-bond donors (Lipinski definition) is 2. The van der Waals surface area contributed by atoms with Crippen molar-refractivity contribution in [1.82, 2.24) is 0 Å². The summed E-state index contributed by atoms with van der Waals surface area (Å²) in [4.78, 5) is 28.5. The Balaban J connectivity index is 2.12. The van der Waals surface area contributed by atoms with Crippen molar-refractivity contribution in [3.05, 3.63) is 81.7 Å². The van der Waals surface area contributed by atoms with E-state index in [9.17, 15) is 14.7 Å². The summed E-state index contributed by atoms with van der Waals surface area (Å²) in [6.45, 7) is 10.2. The van der Waals surface area contributed by atoms with Crippen molar-refractivity contribution in [2.24, 2.45) is 4.99 Å². The van der Waals surface area contributed by atoms with Gasteiger partial charge in [0.25, 0.3) is 0 Å². The highest BCUT2D eigenvalue weighted by molar-refractivity contribution is 6.08. The normalized spacial score (nSPS) is 12.2. The Hall–Kier alpha value is -3.67. The molecule has 0 aliphatic carbocycles. The molecule has 30 heavy (non-hydrogen) atoms. The minimum absolute atomic E-state index is 0.166. The van der Waals surface area contributed by atoms with Crippen LogP contribution in [0.25, 0.3) is 16.5 Å². The van der Waals surface area contributed by atoms with E-state index in [-0.39, 0.29) is 17.0 Å². The van der Waals surface area contributed by atoms with E-state index in [1.54, 1.807) is 36.5 Å². The highest BCUT2D eigenvalue weighted by atomic mass is 16.4. The van der Waals surface area contributed by atoms with E-state index in [0.29, 0.717) is 34.5 Å². The zero-order valence-corrected chi connectivity index (χ0v) is 17.2. The molecular formula is C24H24N2O4. The van der Waals surface area contributed by atoms with Crippen LogP contribution in [0.2, 0.25) is 0 Å². The van der Waals surface area contributed by atoms with E-state index in [4.69, 9.17) is 4.42 Å². The third kappa shape index (κ3) is 4.33. The van der Waals surface area contributed by atoms with Crippen LogP contribution in [-0.4, -0.2) is 23.8 Å². The molecule has 0 spiro atoms. The number of aromatic carboxylic acids is 1. The zero-order chi connectivity index (χ0) is 21.8. The lowest BCUT2D eigenvalue weighted by Crippen LogP contribution is -2.13. The Labute approximate surface area is 174 Å². The molecule has 2 N–H and O–H groups in total. The smallest absolute Gasteiger partial charge is 0.337 e. The summed E-state index contributed by atoms with van der Waals surface area (Å²) in [6, 6.07) is 11.5. The highest BCUT2D eigenvalue weighted by Gasteiger charge is 2.18. The molecule has 3 aromatic rings. The van der Waals surface area contributed by atoms with E-state index in [0.717, 1.165) is 11.1 Å². The minimum Gasteiger partial charge on any atom is -0.478 e. The number of hydrogen-bond acceptors (Lipinski definition) is 5. The summed E-state index contributed by atoms with van der Waals surface area (Å²) in [6.07, 6.45) is 1.59. The predicted octanol–water partition coefficient (Wildman–Crippen LogP) is 5.08. The SMILES string of the molecule is C=C(C=NCC)c1cc(=O)c2cc(C)cc(C(C)Nc3ccccc3C(=O)O)c2o1. The number of aryl methyl sites for hydroxylation is 1. The molecule has 0 amide bonds. The minimum atomic E-state index is -1.01. The van der Waals surface area contributed by atoms with Gasteiger partial charge in [-0.1, -0.05) is 24.8 Å². The molecule has 1 aromatic heterocycles. The van der Waals surface area contributed by atoms with Gasteiger partial charge in [-0.2, -0.15) is 0 Å². The molecular weight excluding hydrogens is 380 g/mol. The summed E-state index contributed by atoms with van der Waals surface area (Å²) in [5.74, 6) is -0.660. The number of rotatable bonds is 7. The van der Waals surface area contributed by atoms with Gasteiger partial charge in [-0.3, -0.25) is 9.79 Å². The van der Waals surface area contributed by atoms with Gasteiger partial charge in [0.1, 0.15) is 11.3 Å². The van der Waals surface area contributed by atoms with E-state index in [1.807, 2.05) is 26.8 Å². The molecule has 6 heteroatoms. The quantitative estimate of drug-likeness (QED) is 0.536. The van der Waals surface area contributed by atoms with Crippen molar-refractivity contribution in [1.29, 1.82) is 0 Å². The first-order chi connectivity index (χ1) is 14.3. The van der Waals surface area contributed by atoms with Crippen molar-refractivity contribution in [3.63, 3.8) is 0 Å². The van der Waals surface area contributed by atoms with Crippen LogP contribution in [0.4, 0.5) is 5.69 Å². The van der Waals surface area contributed by atoms with Gasteiger partial charge in [-0.05, 0) is 44.5 Å². The molecule has 1 atom stereocenters. The van der Waals surface area contributed by atoms with E-state index >= 15 is 0 Å². The second-order valence-corrected chi connectivity index (χ2v) is 7.08. The highest BCUT2D eigenvalue weighted by Crippen LogP contribution is 2.30. The second-order valence-electron chi connectivity index (χ2n) is 7.08. The molecule has 0 radical (unpaired) electrons. The number of carboxylic acids is 1. The number of allylic oxidation sites excluding steroid dienone is 1. The Kier molecular flexibility index (Phi) is 6.16. The molecule has 2 aromatic carbocycles. The largest absolute Gasteiger partial charge is 0.478 e. The van der Waals surface area contributed by atoms with Gasteiger partial charge in [0.15, 0.2) is 5.43 Å². The lowest BCUT2D eigenvalue weighted by atomic mass is 10.00. The van der Waals surface area contributed by atoms with E-state index in [1.165, 1.54) is 6.07 Å². The number of anilines is 1. The van der Waals surface area contributed by atoms with Crippen molar-refractivity contribution in [2.75, 3.05) is 11.9 Å². The van der Waals surface area contributed by atoms with Crippen LogP contribution in [0.15, 0.2) is 63.2 Å². The van der Waals surface area contributed by atoms with Crippen molar-refractivity contribution >= 4 is 34.4 Å². The average molecular weight is 404 g/mol. The molecule has 3 rings (SSSR count). The third-order valence-corrected chi connectivity index (χ3v) is 4.74. The maximum Gasteiger partial charge on any atom is 0.337 e. The van der Waals surface area contributed by atoms with Gasteiger partial charge < -0.3 is 14.8 Å². The fourth-order valence-electron chi connectivity index (χ4n) is 3.29. The molecule has 1 unspecified atom stereocenters. The number of carbonyl (C=O) groups is 1. The van der Waals surface area contributed by atoms with Gasteiger partial charge in [0.2, 0.25) is 0 Å². The number of benzene rings is 2.